The van der Waals surface area contributed by atoms with Crippen molar-refractivity contribution >= 4 is 23.2 Å². The first-order valence-corrected chi connectivity index (χ1v) is 11.2. The highest BCUT2D eigenvalue weighted by Gasteiger charge is 2.30. The molecule has 3 aromatic carbocycles. The predicted octanol–water partition coefficient (Wildman–Crippen LogP) is 6.11. The van der Waals surface area contributed by atoms with Gasteiger partial charge in [0.1, 0.15) is 0 Å². The molecule has 0 aliphatic heterocycles. The van der Waals surface area contributed by atoms with Crippen LogP contribution in [0.5, 0.6) is 0 Å². The summed E-state index contributed by atoms with van der Waals surface area (Å²) in [6.07, 6.45) is -0.0173. The number of nitrogens with zero attached hydrogens (tertiary/aromatic N) is 1. The third-order valence-electron chi connectivity index (χ3n) is 5.43. The molecule has 2 amide bonds. The number of amides is 2. The van der Waals surface area contributed by atoms with E-state index in [1.807, 2.05) is 42.7 Å². The maximum Gasteiger partial charge on any atom is 0.416 e. The molecule has 0 saturated carbocycles. The summed E-state index contributed by atoms with van der Waals surface area (Å²) in [5, 5.41) is 4.92. The lowest BCUT2D eigenvalue weighted by Crippen LogP contribution is -2.37. The van der Waals surface area contributed by atoms with Gasteiger partial charge in [0, 0.05) is 29.1 Å². The molecule has 1 heterocycles. The molecule has 0 bridgehead atoms. The van der Waals surface area contributed by atoms with Gasteiger partial charge in [0.15, 0.2) is 12.4 Å². The number of rotatable bonds is 7. The molecule has 4 aromatic rings. The Hall–Kier alpha value is -4.46. The summed E-state index contributed by atoms with van der Waals surface area (Å²) < 4.78 is 40.4. The maximum atomic E-state index is 12.9. The van der Waals surface area contributed by atoms with Gasteiger partial charge in [-0.1, -0.05) is 48.5 Å². The lowest BCUT2D eigenvalue weighted by molar-refractivity contribution is -0.683. The van der Waals surface area contributed by atoms with Crippen LogP contribution < -0.4 is 15.2 Å². The highest BCUT2D eigenvalue weighted by Crippen LogP contribution is 2.30. The fraction of sp³-hybridized carbons (Fsp3) is 0.107. The lowest BCUT2D eigenvalue weighted by atomic mass is 10.1. The number of Topliss-reactive ketones (excluding diaryl/α,β-unsaturated/α-hetero) is 1. The number of carbonyl (C=O) groups is 2. The molecule has 0 aliphatic rings. The first-order chi connectivity index (χ1) is 17.3. The molecule has 0 spiro atoms. The predicted molar refractivity (Wildman–Crippen MR) is 131 cm³/mol. The molecule has 1 aromatic heterocycles. The van der Waals surface area contributed by atoms with E-state index in [0.717, 1.165) is 24.1 Å². The minimum atomic E-state index is -4.51. The Bertz CT molecular complexity index is 1350. The van der Waals surface area contributed by atoms with Crippen molar-refractivity contribution in [3.63, 3.8) is 0 Å². The van der Waals surface area contributed by atoms with E-state index in [1.54, 1.807) is 22.8 Å². The van der Waals surface area contributed by atoms with Crippen LogP contribution in [0.4, 0.5) is 29.3 Å². The van der Waals surface area contributed by atoms with Gasteiger partial charge in [0.2, 0.25) is 12.3 Å². The van der Waals surface area contributed by atoms with Gasteiger partial charge >= 0.3 is 12.2 Å². The minimum Gasteiger partial charge on any atom is -0.308 e. The van der Waals surface area contributed by atoms with Crippen LogP contribution >= 0.6 is 0 Å². The van der Waals surface area contributed by atoms with Crippen molar-refractivity contribution in [3.8, 4) is 0 Å². The molecule has 0 unspecified atom stereocenters. The summed E-state index contributed by atoms with van der Waals surface area (Å²) in [7, 11) is 0. The molecule has 5 nitrogen and oxygen atoms in total. The molecule has 8 heteroatoms. The number of halogens is 3. The summed E-state index contributed by atoms with van der Waals surface area (Å²) in [5.41, 5.74) is 2.21. The molecule has 4 rings (SSSR count). The molecule has 0 radical (unpaired) electrons. The van der Waals surface area contributed by atoms with Crippen molar-refractivity contribution < 1.29 is 27.3 Å². The Morgan fingerprint density at radius 1 is 0.722 bits per heavy atom. The lowest BCUT2D eigenvalue weighted by Gasteiger charge is -2.11. The molecular weight excluding hydrogens is 467 g/mol. The van der Waals surface area contributed by atoms with Crippen LogP contribution in [-0.4, -0.2) is 11.8 Å². The van der Waals surface area contributed by atoms with Crippen LogP contribution in [0.25, 0.3) is 0 Å². The maximum absolute atomic E-state index is 12.9. The standard InChI is InChI=1S/C28H22F3N3O2/c29-28(30,31)23-9-5-11-25(18-23)33-27(36)32-24-10-4-8-22(17-24)26(35)19-34-14-12-21(13-15-34)16-20-6-2-1-3-7-20/h1-15,17-18H,16,19H2,(H-,32,33,36)/p+1. The summed E-state index contributed by atoms with van der Waals surface area (Å²) in [5.74, 6) is -0.155. The smallest absolute Gasteiger partial charge is 0.308 e. The monoisotopic (exact) mass is 490 g/mol. The second-order valence-corrected chi connectivity index (χ2v) is 8.20. The van der Waals surface area contributed by atoms with Gasteiger partial charge in [-0.25, -0.2) is 4.79 Å². The third kappa shape index (κ3) is 6.79. The molecule has 2 N–H and O–H groups in total. The summed E-state index contributed by atoms with van der Waals surface area (Å²) in [6, 6.07) is 24.0. The number of ketones is 1. The average molecular weight is 491 g/mol. The van der Waals surface area contributed by atoms with Gasteiger partial charge in [-0.05, 0) is 47.9 Å². The SMILES string of the molecule is O=C(Nc1cccc(C(=O)C[n+]2ccc(Cc3ccccc3)cc2)c1)Nc1cccc(C(F)(F)F)c1. The van der Waals surface area contributed by atoms with Crippen LogP contribution in [0.3, 0.4) is 0 Å². The quantitative estimate of drug-likeness (QED) is 0.243. The number of alkyl halides is 3. The van der Waals surface area contributed by atoms with Crippen molar-refractivity contribution in [2.75, 3.05) is 10.6 Å². The minimum absolute atomic E-state index is 0.00154. The fourth-order valence-electron chi connectivity index (χ4n) is 3.64. The van der Waals surface area contributed by atoms with Crippen LogP contribution in [0.15, 0.2) is 103 Å². The largest absolute Gasteiger partial charge is 0.416 e. The number of anilines is 2. The highest BCUT2D eigenvalue weighted by molar-refractivity contribution is 6.01. The highest BCUT2D eigenvalue weighted by atomic mass is 19.4. The van der Waals surface area contributed by atoms with E-state index in [-0.39, 0.29) is 18.0 Å². The van der Waals surface area contributed by atoms with Crippen molar-refractivity contribution in [1.29, 1.82) is 0 Å². The molecule has 0 saturated heterocycles. The second-order valence-electron chi connectivity index (χ2n) is 8.20. The zero-order valence-corrected chi connectivity index (χ0v) is 19.1. The number of benzene rings is 3. The van der Waals surface area contributed by atoms with Crippen LogP contribution in [0.2, 0.25) is 0 Å². The molecule has 0 aliphatic carbocycles. The molecule has 182 valence electrons. The Morgan fingerprint density at radius 2 is 1.33 bits per heavy atom. The van der Waals surface area contributed by atoms with Gasteiger partial charge in [-0.2, -0.15) is 17.7 Å². The first-order valence-electron chi connectivity index (χ1n) is 11.2. The Labute approximate surface area is 206 Å². The van der Waals surface area contributed by atoms with Crippen LogP contribution in [0.1, 0.15) is 27.0 Å². The van der Waals surface area contributed by atoms with E-state index in [2.05, 4.69) is 22.8 Å². The number of carbonyl (C=O) groups excluding carboxylic acids is 2. The molecular formula is C28H23F3N3O2+. The Morgan fingerprint density at radius 3 is 2.00 bits per heavy atom. The zero-order valence-electron chi connectivity index (χ0n) is 19.1. The van der Waals surface area contributed by atoms with Gasteiger partial charge in [-0.3, -0.25) is 4.79 Å². The first kappa shape index (κ1) is 24.7. The molecule has 0 fully saturated rings. The van der Waals surface area contributed by atoms with Gasteiger partial charge in [-0.15, -0.1) is 0 Å². The molecule has 0 atom stereocenters. The van der Waals surface area contributed by atoms with E-state index in [0.29, 0.717) is 11.3 Å². The Balaban J connectivity index is 1.35. The van der Waals surface area contributed by atoms with Crippen molar-refractivity contribution in [2.24, 2.45) is 0 Å². The number of urea groups is 1. The summed E-state index contributed by atoms with van der Waals surface area (Å²) in [6.45, 7) is 0.117. The Kier molecular flexibility index (Phi) is 7.44. The molecule has 36 heavy (non-hydrogen) atoms. The number of aromatic nitrogens is 1. The zero-order chi connectivity index (χ0) is 25.5. The fourth-order valence-corrected chi connectivity index (χ4v) is 3.64. The average Bonchev–Trinajstić information content (AvgIpc) is 2.85. The third-order valence-corrected chi connectivity index (χ3v) is 5.43. The van der Waals surface area contributed by atoms with Crippen molar-refractivity contribution in [1.82, 2.24) is 0 Å². The second kappa shape index (κ2) is 10.9. The van der Waals surface area contributed by atoms with Gasteiger partial charge in [0.25, 0.3) is 0 Å². The van der Waals surface area contributed by atoms with Crippen molar-refractivity contribution in [2.45, 2.75) is 19.1 Å². The van der Waals surface area contributed by atoms with E-state index in [4.69, 9.17) is 0 Å². The van der Waals surface area contributed by atoms with Crippen LogP contribution in [0, 0.1) is 0 Å². The summed E-state index contributed by atoms with van der Waals surface area (Å²) in [4.78, 5) is 25.1. The number of pyridine rings is 1. The van der Waals surface area contributed by atoms with Gasteiger partial charge < -0.3 is 10.6 Å². The van der Waals surface area contributed by atoms with Crippen LogP contribution in [-0.2, 0) is 19.1 Å². The topological polar surface area (TPSA) is 62.1 Å². The van der Waals surface area contributed by atoms with E-state index in [9.17, 15) is 22.8 Å². The normalized spacial score (nSPS) is 11.1. The summed E-state index contributed by atoms with van der Waals surface area (Å²) >= 11 is 0. The number of nitrogens with one attached hydrogen (secondary N) is 2. The number of hydrogen-bond donors (Lipinski definition) is 2. The number of hydrogen-bond acceptors (Lipinski definition) is 2. The van der Waals surface area contributed by atoms with E-state index >= 15 is 0 Å². The van der Waals surface area contributed by atoms with Gasteiger partial charge in [0.05, 0.1) is 5.56 Å². The van der Waals surface area contributed by atoms with E-state index in [1.165, 1.54) is 23.8 Å². The van der Waals surface area contributed by atoms with Crippen molar-refractivity contribution in [3.05, 3.63) is 126 Å². The van der Waals surface area contributed by atoms with E-state index < -0.39 is 17.8 Å².